The molecule has 0 atom stereocenters. The molecule has 2 aromatic carbocycles. The van der Waals surface area contributed by atoms with E-state index in [4.69, 9.17) is 9.47 Å². The Bertz CT molecular complexity index is 709. The summed E-state index contributed by atoms with van der Waals surface area (Å²) >= 11 is 0. The zero-order valence-electron chi connectivity index (χ0n) is 15.2. The first-order valence-corrected chi connectivity index (χ1v) is 9.23. The number of hydrogen-bond acceptors (Lipinski definition) is 4. The fourth-order valence-corrected chi connectivity index (χ4v) is 2.84. The molecule has 0 radical (unpaired) electrons. The van der Waals surface area contributed by atoms with E-state index in [0.29, 0.717) is 12.2 Å². The highest BCUT2D eigenvalue weighted by atomic mass is 16.5. The highest BCUT2D eigenvalue weighted by molar-refractivity contribution is 6.04. The van der Waals surface area contributed by atoms with Gasteiger partial charge in [-0.1, -0.05) is 19.4 Å². The third kappa shape index (κ3) is 4.99. The molecule has 1 amide bonds. The van der Waals surface area contributed by atoms with Crippen molar-refractivity contribution in [1.29, 1.82) is 0 Å². The van der Waals surface area contributed by atoms with Crippen molar-refractivity contribution >= 4 is 17.3 Å². The van der Waals surface area contributed by atoms with Gasteiger partial charge in [0.05, 0.1) is 19.8 Å². The molecular formula is C21H26N2O3. The molecule has 2 aromatic rings. The SMILES string of the molecule is CCCCOc1ccc(C(=O)Nc2cccc(N3CCOCC3)c2)cc1. The molecule has 5 heteroatoms. The minimum absolute atomic E-state index is 0.121. The van der Waals surface area contributed by atoms with Crippen LogP contribution in [0.15, 0.2) is 48.5 Å². The van der Waals surface area contributed by atoms with Gasteiger partial charge in [0.25, 0.3) is 5.91 Å². The largest absolute Gasteiger partial charge is 0.494 e. The Morgan fingerprint density at radius 2 is 1.92 bits per heavy atom. The highest BCUT2D eigenvalue weighted by Gasteiger charge is 2.12. The van der Waals surface area contributed by atoms with Crippen LogP contribution in [0.5, 0.6) is 5.75 Å². The molecule has 0 aromatic heterocycles. The van der Waals surface area contributed by atoms with Crippen LogP contribution in [0.25, 0.3) is 0 Å². The van der Waals surface area contributed by atoms with Crippen LogP contribution in [-0.2, 0) is 4.74 Å². The molecule has 1 aliphatic heterocycles. The monoisotopic (exact) mass is 354 g/mol. The van der Waals surface area contributed by atoms with E-state index in [-0.39, 0.29) is 5.91 Å². The fourth-order valence-electron chi connectivity index (χ4n) is 2.84. The summed E-state index contributed by atoms with van der Waals surface area (Å²) in [7, 11) is 0. The van der Waals surface area contributed by atoms with Crippen LogP contribution in [0, 0.1) is 0 Å². The molecule has 26 heavy (non-hydrogen) atoms. The molecular weight excluding hydrogens is 328 g/mol. The van der Waals surface area contributed by atoms with Crippen LogP contribution in [0.4, 0.5) is 11.4 Å². The van der Waals surface area contributed by atoms with Crippen LogP contribution in [0.3, 0.4) is 0 Å². The average molecular weight is 354 g/mol. The fraction of sp³-hybridized carbons (Fsp3) is 0.381. The summed E-state index contributed by atoms with van der Waals surface area (Å²) in [5.41, 5.74) is 2.51. The quantitative estimate of drug-likeness (QED) is 0.765. The lowest BCUT2D eigenvalue weighted by molar-refractivity contribution is 0.102. The van der Waals surface area contributed by atoms with Crippen LogP contribution in [-0.4, -0.2) is 38.8 Å². The van der Waals surface area contributed by atoms with Gasteiger partial charge >= 0.3 is 0 Å². The van der Waals surface area contributed by atoms with Crippen molar-refractivity contribution in [3.8, 4) is 5.75 Å². The molecule has 1 N–H and O–H groups in total. The van der Waals surface area contributed by atoms with Gasteiger partial charge in [0.1, 0.15) is 5.75 Å². The Morgan fingerprint density at radius 1 is 1.15 bits per heavy atom. The smallest absolute Gasteiger partial charge is 0.255 e. The molecule has 0 bridgehead atoms. The number of nitrogens with zero attached hydrogens (tertiary/aromatic N) is 1. The molecule has 0 aliphatic carbocycles. The number of carbonyl (C=O) groups is 1. The van der Waals surface area contributed by atoms with Gasteiger partial charge in [-0.25, -0.2) is 0 Å². The van der Waals surface area contributed by atoms with Gasteiger partial charge in [-0.3, -0.25) is 4.79 Å². The van der Waals surface area contributed by atoms with E-state index in [1.165, 1.54) is 0 Å². The number of hydrogen-bond donors (Lipinski definition) is 1. The number of rotatable bonds is 7. The first kappa shape index (κ1) is 18.3. The molecule has 0 unspecified atom stereocenters. The minimum atomic E-state index is -0.121. The Labute approximate surface area is 154 Å². The van der Waals surface area contributed by atoms with E-state index >= 15 is 0 Å². The van der Waals surface area contributed by atoms with Crippen molar-refractivity contribution in [2.75, 3.05) is 43.1 Å². The predicted octanol–water partition coefficient (Wildman–Crippen LogP) is 3.95. The predicted molar refractivity (Wildman–Crippen MR) is 104 cm³/mol. The van der Waals surface area contributed by atoms with Crippen molar-refractivity contribution in [3.05, 3.63) is 54.1 Å². The maximum atomic E-state index is 12.5. The van der Waals surface area contributed by atoms with Crippen LogP contribution in [0.2, 0.25) is 0 Å². The van der Waals surface area contributed by atoms with E-state index < -0.39 is 0 Å². The molecule has 0 saturated carbocycles. The van der Waals surface area contributed by atoms with E-state index in [1.54, 1.807) is 12.1 Å². The number of benzene rings is 2. The zero-order valence-corrected chi connectivity index (χ0v) is 15.2. The number of ether oxygens (including phenoxy) is 2. The van der Waals surface area contributed by atoms with E-state index in [9.17, 15) is 4.79 Å². The number of nitrogens with one attached hydrogen (secondary N) is 1. The Morgan fingerprint density at radius 3 is 2.65 bits per heavy atom. The van der Waals surface area contributed by atoms with Gasteiger partial charge in [0, 0.05) is 30.0 Å². The van der Waals surface area contributed by atoms with Crippen molar-refractivity contribution in [2.24, 2.45) is 0 Å². The molecule has 3 rings (SSSR count). The standard InChI is InChI=1S/C21H26N2O3/c1-2-3-13-26-20-9-7-17(8-10-20)21(24)22-18-5-4-6-19(16-18)23-11-14-25-15-12-23/h4-10,16H,2-3,11-15H2,1H3,(H,22,24). The average Bonchev–Trinajstić information content (AvgIpc) is 2.69. The van der Waals surface area contributed by atoms with Crippen molar-refractivity contribution in [2.45, 2.75) is 19.8 Å². The Balaban J connectivity index is 1.60. The summed E-state index contributed by atoms with van der Waals surface area (Å²) in [6.07, 6.45) is 2.13. The summed E-state index contributed by atoms with van der Waals surface area (Å²) < 4.78 is 11.0. The molecule has 1 saturated heterocycles. The van der Waals surface area contributed by atoms with E-state index in [2.05, 4.69) is 23.2 Å². The van der Waals surface area contributed by atoms with E-state index in [0.717, 1.165) is 56.3 Å². The second-order valence-electron chi connectivity index (χ2n) is 6.33. The summed E-state index contributed by atoms with van der Waals surface area (Å²) in [5.74, 6) is 0.675. The zero-order chi connectivity index (χ0) is 18.2. The lowest BCUT2D eigenvalue weighted by Crippen LogP contribution is -2.36. The van der Waals surface area contributed by atoms with Crippen molar-refractivity contribution < 1.29 is 14.3 Å². The number of morpholine rings is 1. The summed E-state index contributed by atoms with van der Waals surface area (Å²) in [4.78, 5) is 14.8. The third-order valence-electron chi connectivity index (χ3n) is 4.36. The van der Waals surface area contributed by atoms with Crippen LogP contribution < -0.4 is 15.0 Å². The Hall–Kier alpha value is -2.53. The van der Waals surface area contributed by atoms with Gasteiger partial charge in [0.15, 0.2) is 0 Å². The normalized spacial score (nSPS) is 14.1. The highest BCUT2D eigenvalue weighted by Crippen LogP contribution is 2.21. The molecule has 1 aliphatic rings. The minimum Gasteiger partial charge on any atom is -0.494 e. The van der Waals surface area contributed by atoms with Crippen LogP contribution >= 0.6 is 0 Å². The first-order chi connectivity index (χ1) is 12.8. The molecule has 5 nitrogen and oxygen atoms in total. The summed E-state index contributed by atoms with van der Waals surface area (Å²) in [6, 6.07) is 15.2. The maximum Gasteiger partial charge on any atom is 0.255 e. The van der Waals surface area contributed by atoms with Gasteiger partial charge in [-0.2, -0.15) is 0 Å². The maximum absolute atomic E-state index is 12.5. The second kappa shape index (κ2) is 9.25. The van der Waals surface area contributed by atoms with Gasteiger partial charge in [-0.15, -0.1) is 0 Å². The Kier molecular flexibility index (Phi) is 6.50. The topological polar surface area (TPSA) is 50.8 Å². The number of unbranched alkanes of at least 4 members (excludes halogenated alkanes) is 1. The first-order valence-electron chi connectivity index (χ1n) is 9.23. The van der Waals surface area contributed by atoms with Crippen molar-refractivity contribution in [3.63, 3.8) is 0 Å². The lowest BCUT2D eigenvalue weighted by Gasteiger charge is -2.29. The molecule has 1 fully saturated rings. The number of amides is 1. The van der Waals surface area contributed by atoms with Crippen molar-refractivity contribution in [1.82, 2.24) is 0 Å². The molecule has 1 heterocycles. The van der Waals surface area contributed by atoms with Gasteiger partial charge in [-0.05, 0) is 48.9 Å². The van der Waals surface area contributed by atoms with Gasteiger partial charge in [0.2, 0.25) is 0 Å². The van der Waals surface area contributed by atoms with Crippen LogP contribution in [0.1, 0.15) is 30.1 Å². The molecule has 0 spiro atoms. The number of anilines is 2. The summed E-state index contributed by atoms with van der Waals surface area (Å²) in [6.45, 7) is 6.06. The number of carbonyl (C=O) groups excluding carboxylic acids is 1. The van der Waals surface area contributed by atoms with Gasteiger partial charge < -0.3 is 19.7 Å². The van der Waals surface area contributed by atoms with E-state index in [1.807, 2.05) is 30.3 Å². The second-order valence-corrected chi connectivity index (χ2v) is 6.33. The molecule has 138 valence electrons. The lowest BCUT2D eigenvalue weighted by atomic mass is 10.2. The summed E-state index contributed by atoms with van der Waals surface area (Å²) in [5, 5.41) is 2.97. The third-order valence-corrected chi connectivity index (χ3v) is 4.36.